The van der Waals surface area contributed by atoms with Gasteiger partial charge in [-0.1, -0.05) is 18.2 Å². The van der Waals surface area contributed by atoms with Gasteiger partial charge in [0.1, 0.15) is 6.04 Å². The van der Waals surface area contributed by atoms with Crippen LogP contribution in [0.5, 0.6) is 0 Å². The van der Waals surface area contributed by atoms with Gasteiger partial charge in [0.25, 0.3) is 5.91 Å². The molecule has 0 spiro atoms. The van der Waals surface area contributed by atoms with Gasteiger partial charge in [-0.05, 0) is 30.5 Å². The number of aliphatic carboxylic acids is 1. The Hall–Kier alpha value is -2.35. The minimum Gasteiger partial charge on any atom is -0.480 e. The number of aliphatic hydroxyl groups is 1. The zero-order valence-electron chi connectivity index (χ0n) is 12.0. The highest BCUT2D eigenvalue weighted by Gasteiger charge is 2.31. The third-order valence-electron chi connectivity index (χ3n) is 3.08. The first-order chi connectivity index (χ1) is 10.7. The number of halogens is 3. The Bertz CT molecular complexity index is 569. The molecule has 1 amide bonds. The molecule has 5 nitrogen and oxygen atoms in total. The maximum atomic E-state index is 12.4. The Labute approximate surface area is 130 Å². The van der Waals surface area contributed by atoms with Gasteiger partial charge in [0.15, 0.2) is 6.10 Å². The third kappa shape index (κ3) is 5.41. The second kappa shape index (κ2) is 7.77. The molecule has 0 aliphatic carbocycles. The maximum Gasteiger partial charge on any atom is 0.416 e. The van der Waals surface area contributed by atoms with Gasteiger partial charge in [-0.25, -0.2) is 4.79 Å². The average Bonchev–Trinajstić information content (AvgIpc) is 2.49. The highest BCUT2D eigenvalue weighted by molar-refractivity contribution is 5.86. The van der Waals surface area contributed by atoms with Gasteiger partial charge in [0.2, 0.25) is 0 Å². The Balaban J connectivity index is 2.79. The molecule has 23 heavy (non-hydrogen) atoms. The summed E-state index contributed by atoms with van der Waals surface area (Å²) in [6.45, 7) is 3.43. The van der Waals surface area contributed by atoms with Gasteiger partial charge in [-0.15, -0.1) is 6.58 Å². The second-order valence-electron chi connectivity index (χ2n) is 4.79. The van der Waals surface area contributed by atoms with E-state index >= 15 is 0 Å². The topological polar surface area (TPSA) is 86.6 Å². The zero-order valence-corrected chi connectivity index (χ0v) is 12.0. The molecule has 0 aliphatic rings. The molecule has 1 aromatic rings. The SMILES string of the molecule is C=CCC[C@H](NC(=O)[C@H](O)c1ccc(C(F)(F)F)cc1)C(=O)O. The first-order valence-electron chi connectivity index (χ1n) is 6.66. The molecule has 0 bridgehead atoms. The van der Waals surface area contributed by atoms with E-state index in [2.05, 4.69) is 11.9 Å². The van der Waals surface area contributed by atoms with Crippen LogP contribution in [-0.2, 0) is 15.8 Å². The van der Waals surface area contributed by atoms with Gasteiger partial charge in [-0.3, -0.25) is 4.79 Å². The van der Waals surface area contributed by atoms with Crippen LogP contribution < -0.4 is 5.32 Å². The number of nitrogens with one attached hydrogen (secondary N) is 1. The summed E-state index contributed by atoms with van der Waals surface area (Å²) in [4.78, 5) is 22.8. The van der Waals surface area contributed by atoms with Crippen molar-refractivity contribution in [2.24, 2.45) is 0 Å². The van der Waals surface area contributed by atoms with Gasteiger partial charge in [-0.2, -0.15) is 13.2 Å². The number of allylic oxidation sites excluding steroid dienone is 1. The lowest BCUT2D eigenvalue weighted by atomic mass is 10.1. The van der Waals surface area contributed by atoms with Gasteiger partial charge < -0.3 is 15.5 Å². The summed E-state index contributed by atoms with van der Waals surface area (Å²) < 4.78 is 37.3. The Morgan fingerprint density at radius 1 is 1.26 bits per heavy atom. The number of carboxylic acid groups (broad SMARTS) is 1. The monoisotopic (exact) mass is 331 g/mol. The van der Waals surface area contributed by atoms with Crippen molar-refractivity contribution in [1.82, 2.24) is 5.32 Å². The lowest BCUT2D eigenvalue weighted by molar-refractivity contribution is -0.143. The number of carboxylic acids is 1. The summed E-state index contributed by atoms with van der Waals surface area (Å²) in [7, 11) is 0. The molecule has 1 rings (SSSR count). The summed E-state index contributed by atoms with van der Waals surface area (Å²) in [5, 5.41) is 20.9. The lowest BCUT2D eigenvalue weighted by Crippen LogP contribution is -2.43. The molecule has 0 radical (unpaired) electrons. The van der Waals surface area contributed by atoms with Crippen molar-refractivity contribution in [2.75, 3.05) is 0 Å². The largest absolute Gasteiger partial charge is 0.480 e. The van der Waals surface area contributed by atoms with Crippen molar-refractivity contribution >= 4 is 11.9 Å². The van der Waals surface area contributed by atoms with Crippen LogP contribution in [0.4, 0.5) is 13.2 Å². The predicted octanol–water partition coefficient (Wildman–Crippen LogP) is 2.27. The quantitative estimate of drug-likeness (QED) is 0.669. The number of carbonyl (C=O) groups is 2. The second-order valence-corrected chi connectivity index (χ2v) is 4.79. The van der Waals surface area contributed by atoms with E-state index in [-0.39, 0.29) is 12.0 Å². The van der Waals surface area contributed by atoms with Crippen LogP contribution in [0.2, 0.25) is 0 Å². The fourth-order valence-corrected chi connectivity index (χ4v) is 1.80. The standard InChI is InChI=1S/C15H16F3NO4/c1-2-3-4-11(14(22)23)19-13(21)12(20)9-5-7-10(8-6-9)15(16,17)18/h2,5-8,11-12,20H,1,3-4H2,(H,19,21)(H,22,23)/t11-,12+/m0/s1. The van der Waals surface area contributed by atoms with Crippen LogP contribution in [0.25, 0.3) is 0 Å². The van der Waals surface area contributed by atoms with Crippen molar-refractivity contribution in [3.63, 3.8) is 0 Å². The van der Waals surface area contributed by atoms with Crippen LogP contribution in [0.15, 0.2) is 36.9 Å². The summed E-state index contributed by atoms with van der Waals surface area (Å²) in [6.07, 6.45) is -4.38. The molecule has 2 atom stereocenters. The molecular weight excluding hydrogens is 315 g/mol. The minimum atomic E-state index is -4.52. The Morgan fingerprint density at radius 2 is 1.83 bits per heavy atom. The van der Waals surface area contributed by atoms with Crippen LogP contribution in [-0.4, -0.2) is 28.1 Å². The molecule has 0 aliphatic heterocycles. The van der Waals surface area contributed by atoms with E-state index in [0.717, 1.165) is 24.3 Å². The van der Waals surface area contributed by atoms with Crippen molar-refractivity contribution in [1.29, 1.82) is 0 Å². The molecule has 0 unspecified atom stereocenters. The van der Waals surface area contributed by atoms with Gasteiger partial charge >= 0.3 is 12.1 Å². The number of aliphatic hydroxyl groups excluding tert-OH is 1. The molecular formula is C15H16F3NO4. The number of hydrogen-bond donors (Lipinski definition) is 3. The van der Waals surface area contributed by atoms with E-state index in [1.165, 1.54) is 6.08 Å². The zero-order chi connectivity index (χ0) is 17.6. The van der Waals surface area contributed by atoms with E-state index in [9.17, 15) is 27.9 Å². The predicted molar refractivity (Wildman–Crippen MR) is 75.4 cm³/mol. The fourth-order valence-electron chi connectivity index (χ4n) is 1.80. The number of carbonyl (C=O) groups excluding carboxylic acids is 1. The summed E-state index contributed by atoms with van der Waals surface area (Å²) >= 11 is 0. The van der Waals surface area contributed by atoms with E-state index in [1.54, 1.807) is 0 Å². The molecule has 0 aromatic heterocycles. The van der Waals surface area contributed by atoms with Gasteiger partial charge in [0, 0.05) is 0 Å². The summed E-state index contributed by atoms with van der Waals surface area (Å²) in [5.41, 5.74) is -0.980. The van der Waals surface area contributed by atoms with Crippen LogP contribution in [0, 0.1) is 0 Å². The highest BCUT2D eigenvalue weighted by Crippen LogP contribution is 2.29. The van der Waals surface area contributed by atoms with Crippen molar-refractivity contribution in [3.05, 3.63) is 48.0 Å². The molecule has 0 saturated carbocycles. The molecule has 8 heteroatoms. The number of alkyl halides is 3. The van der Waals surface area contributed by atoms with Crippen molar-refractivity contribution < 1.29 is 33.0 Å². The average molecular weight is 331 g/mol. The van der Waals surface area contributed by atoms with Crippen LogP contribution in [0.1, 0.15) is 30.1 Å². The smallest absolute Gasteiger partial charge is 0.416 e. The van der Waals surface area contributed by atoms with E-state index in [1.807, 2.05) is 0 Å². The number of amides is 1. The third-order valence-corrected chi connectivity index (χ3v) is 3.08. The van der Waals surface area contributed by atoms with Crippen molar-refractivity contribution in [2.45, 2.75) is 31.2 Å². The van der Waals surface area contributed by atoms with Crippen LogP contribution in [0.3, 0.4) is 0 Å². The summed E-state index contributed by atoms with van der Waals surface area (Å²) in [6, 6.07) is 2.18. The molecule has 3 N–H and O–H groups in total. The Morgan fingerprint density at radius 3 is 2.26 bits per heavy atom. The van der Waals surface area contributed by atoms with Crippen LogP contribution >= 0.6 is 0 Å². The van der Waals surface area contributed by atoms with Gasteiger partial charge in [0.05, 0.1) is 5.56 Å². The van der Waals surface area contributed by atoms with Crippen molar-refractivity contribution in [3.8, 4) is 0 Å². The molecule has 1 aromatic carbocycles. The molecule has 0 fully saturated rings. The number of hydrogen-bond acceptors (Lipinski definition) is 3. The summed E-state index contributed by atoms with van der Waals surface area (Å²) in [5.74, 6) is -2.28. The molecule has 0 heterocycles. The fraction of sp³-hybridized carbons (Fsp3) is 0.333. The Kier molecular flexibility index (Phi) is 6.32. The number of benzene rings is 1. The maximum absolute atomic E-state index is 12.4. The first-order valence-corrected chi connectivity index (χ1v) is 6.66. The lowest BCUT2D eigenvalue weighted by Gasteiger charge is -2.17. The number of rotatable bonds is 7. The normalized spacial score (nSPS) is 13.9. The molecule has 126 valence electrons. The first kappa shape index (κ1) is 18.7. The highest BCUT2D eigenvalue weighted by atomic mass is 19.4. The van der Waals surface area contributed by atoms with E-state index in [0.29, 0.717) is 6.42 Å². The minimum absolute atomic E-state index is 0.0663. The van der Waals surface area contributed by atoms with E-state index in [4.69, 9.17) is 5.11 Å². The molecule has 0 saturated heterocycles. The van der Waals surface area contributed by atoms with E-state index < -0.39 is 35.8 Å².